The Balaban J connectivity index is 3.25. The van der Waals surface area contributed by atoms with E-state index < -0.39 is 0 Å². The highest BCUT2D eigenvalue weighted by molar-refractivity contribution is 6.30. The van der Waals surface area contributed by atoms with Gasteiger partial charge in [-0.05, 0) is 55.0 Å². The third-order valence-corrected chi connectivity index (χ3v) is 3.37. The Morgan fingerprint density at radius 2 is 2.00 bits per heavy atom. The number of hydrogen-bond donors (Lipinski definition) is 1. The molecular formula is C14H22ClNO. The molecule has 2 nitrogen and oxygen atoms in total. The molecular weight excluding hydrogens is 234 g/mol. The van der Waals surface area contributed by atoms with Gasteiger partial charge in [0.15, 0.2) is 0 Å². The SMILES string of the molecule is COc1c(C)cc(Cl)cc1C(CCN)C(C)C. The van der Waals surface area contributed by atoms with Gasteiger partial charge in [-0.25, -0.2) is 0 Å². The number of nitrogens with two attached hydrogens (primary N) is 1. The van der Waals surface area contributed by atoms with Crippen molar-refractivity contribution in [3.05, 3.63) is 28.3 Å². The van der Waals surface area contributed by atoms with E-state index in [0.29, 0.717) is 18.4 Å². The summed E-state index contributed by atoms with van der Waals surface area (Å²) in [5.74, 6) is 1.86. The van der Waals surface area contributed by atoms with Crippen LogP contribution in [0.25, 0.3) is 0 Å². The lowest BCUT2D eigenvalue weighted by molar-refractivity contribution is 0.387. The molecule has 1 aromatic carbocycles. The molecule has 1 rings (SSSR count). The van der Waals surface area contributed by atoms with Gasteiger partial charge in [-0.2, -0.15) is 0 Å². The molecule has 0 saturated heterocycles. The van der Waals surface area contributed by atoms with Crippen LogP contribution in [0.1, 0.15) is 37.3 Å². The average Bonchev–Trinajstić information content (AvgIpc) is 2.24. The van der Waals surface area contributed by atoms with Crippen LogP contribution in [-0.2, 0) is 0 Å². The first-order valence-electron chi connectivity index (χ1n) is 6.05. The van der Waals surface area contributed by atoms with Gasteiger partial charge in [-0.15, -0.1) is 0 Å². The fraction of sp³-hybridized carbons (Fsp3) is 0.571. The predicted molar refractivity (Wildman–Crippen MR) is 74.0 cm³/mol. The van der Waals surface area contributed by atoms with E-state index in [2.05, 4.69) is 13.8 Å². The zero-order chi connectivity index (χ0) is 13.0. The monoisotopic (exact) mass is 255 g/mol. The summed E-state index contributed by atoms with van der Waals surface area (Å²) in [5.41, 5.74) is 7.96. The summed E-state index contributed by atoms with van der Waals surface area (Å²) in [7, 11) is 1.71. The molecule has 0 aliphatic heterocycles. The topological polar surface area (TPSA) is 35.2 Å². The fourth-order valence-electron chi connectivity index (χ4n) is 2.34. The fourth-order valence-corrected chi connectivity index (χ4v) is 2.62. The van der Waals surface area contributed by atoms with E-state index >= 15 is 0 Å². The van der Waals surface area contributed by atoms with Crippen LogP contribution < -0.4 is 10.5 Å². The van der Waals surface area contributed by atoms with Crippen LogP contribution in [0.15, 0.2) is 12.1 Å². The maximum absolute atomic E-state index is 6.14. The van der Waals surface area contributed by atoms with E-state index in [4.69, 9.17) is 22.1 Å². The minimum absolute atomic E-state index is 0.396. The average molecular weight is 256 g/mol. The molecule has 96 valence electrons. The third-order valence-electron chi connectivity index (χ3n) is 3.15. The van der Waals surface area contributed by atoms with E-state index in [9.17, 15) is 0 Å². The van der Waals surface area contributed by atoms with Gasteiger partial charge in [0, 0.05) is 5.02 Å². The zero-order valence-corrected chi connectivity index (χ0v) is 11.8. The smallest absolute Gasteiger partial charge is 0.125 e. The van der Waals surface area contributed by atoms with E-state index in [-0.39, 0.29) is 0 Å². The van der Waals surface area contributed by atoms with Gasteiger partial charge in [0.05, 0.1) is 7.11 Å². The van der Waals surface area contributed by atoms with Gasteiger partial charge in [-0.3, -0.25) is 0 Å². The largest absolute Gasteiger partial charge is 0.496 e. The summed E-state index contributed by atoms with van der Waals surface area (Å²) in [6, 6.07) is 3.94. The molecule has 0 aromatic heterocycles. The van der Waals surface area contributed by atoms with Crippen molar-refractivity contribution in [2.24, 2.45) is 11.7 Å². The molecule has 1 atom stereocenters. The number of rotatable bonds is 5. The van der Waals surface area contributed by atoms with E-state index in [1.54, 1.807) is 7.11 Å². The van der Waals surface area contributed by atoms with E-state index in [1.807, 2.05) is 19.1 Å². The predicted octanol–water partition coefficient (Wildman–Crippen LogP) is 3.75. The van der Waals surface area contributed by atoms with Crippen molar-refractivity contribution < 1.29 is 4.74 Å². The number of hydrogen-bond acceptors (Lipinski definition) is 2. The molecule has 1 aromatic rings. The van der Waals surface area contributed by atoms with Crippen molar-refractivity contribution in [1.82, 2.24) is 0 Å². The summed E-state index contributed by atoms with van der Waals surface area (Å²) in [6.45, 7) is 7.11. The summed E-state index contributed by atoms with van der Waals surface area (Å²) < 4.78 is 5.51. The molecule has 0 spiro atoms. The van der Waals surface area contributed by atoms with Gasteiger partial charge in [0.1, 0.15) is 5.75 Å². The van der Waals surface area contributed by atoms with Crippen LogP contribution in [0.3, 0.4) is 0 Å². The molecule has 1 unspecified atom stereocenters. The van der Waals surface area contributed by atoms with Gasteiger partial charge in [0.2, 0.25) is 0 Å². The van der Waals surface area contributed by atoms with Crippen LogP contribution in [0.5, 0.6) is 5.75 Å². The van der Waals surface area contributed by atoms with Crippen LogP contribution >= 0.6 is 11.6 Å². The molecule has 0 saturated carbocycles. The number of halogens is 1. The van der Waals surface area contributed by atoms with Crippen LogP contribution in [0, 0.1) is 12.8 Å². The maximum atomic E-state index is 6.14. The molecule has 0 amide bonds. The third kappa shape index (κ3) is 3.36. The molecule has 0 heterocycles. The number of aryl methyl sites for hydroxylation is 1. The minimum Gasteiger partial charge on any atom is -0.496 e. The standard InChI is InChI=1S/C14H22ClNO/c1-9(2)12(5-6-16)13-8-11(15)7-10(3)14(13)17-4/h7-9,12H,5-6,16H2,1-4H3. The summed E-state index contributed by atoms with van der Waals surface area (Å²) in [5, 5.41) is 0.765. The van der Waals surface area contributed by atoms with Crippen molar-refractivity contribution in [1.29, 1.82) is 0 Å². The number of methoxy groups -OCH3 is 1. The molecule has 2 N–H and O–H groups in total. The molecule has 3 heteroatoms. The Kier molecular flexibility index (Phi) is 5.29. The van der Waals surface area contributed by atoms with Gasteiger partial charge >= 0.3 is 0 Å². The summed E-state index contributed by atoms with van der Waals surface area (Å²) >= 11 is 6.14. The summed E-state index contributed by atoms with van der Waals surface area (Å²) in [6.07, 6.45) is 0.952. The molecule has 0 radical (unpaired) electrons. The van der Waals surface area contributed by atoms with Crippen LogP contribution in [0.4, 0.5) is 0 Å². The number of benzene rings is 1. The van der Waals surface area contributed by atoms with Crippen molar-refractivity contribution in [3.63, 3.8) is 0 Å². The van der Waals surface area contributed by atoms with Crippen LogP contribution in [0.2, 0.25) is 5.02 Å². The molecule has 0 bridgehead atoms. The highest BCUT2D eigenvalue weighted by Gasteiger charge is 2.20. The van der Waals surface area contributed by atoms with Crippen molar-refractivity contribution in [2.75, 3.05) is 13.7 Å². The van der Waals surface area contributed by atoms with Crippen LogP contribution in [-0.4, -0.2) is 13.7 Å². The van der Waals surface area contributed by atoms with Gasteiger partial charge < -0.3 is 10.5 Å². The molecule has 0 fully saturated rings. The first-order chi connectivity index (χ1) is 8.01. The maximum Gasteiger partial charge on any atom is 0.125 e. The lowest BCUT2D eigenvalue weighted by Crippen LogP contribution is -2.14. The Morgan fingerprint density at radius 3 is 2.47 bits per heavy atom. The zero-order valence-electron chi connectivity index (χ0n) is 11.1. The minimum atomic E-state index is 0.396. The Bertz CT molecular complexity index is 377. The second-order valence-electron chi connectivity index (χ2n) is 4.77. The second kappa shape index (κ2) is 6.27. The van der Waals surface area contributed by atoms with Gasteiger partial charge in [-0.1, -0.05) is 25.4 Å². The highest BCUT2D eigenvalue weighted by atomic mass is 35.5. The molecule has 17 heavy (non-hydrogen) atoms. The quantitative estimate of drug-likeness (QED) is 0.870. The lowest BCUT2D eigenvalue weighted by atomic mass is 9.84. The lowest BCUT2D eigenvalue weighted by Gasteiger charge is -2.24. The van der Waals surface area contributed by atoms with E-state index in [1.165, 1.54) is 5.56 Å². The first-order valence-corrected chi connectivity index (χ1v) is 6.43. The Hall–Kier alpha value is -0.730. The van der Waals surface area contributed by atoms with Crippen molar-refractivity contribution in [2.45, 2.75) is 33.1 Å². The highest BCUT2D eigenvalue weighted by Crippen LogP contribution is 2.38. The van der Waals surface area contributed by atoms with Gasteiger partial charge in [0.25, 0.3) is 0 Å². The molecule has 0 aliphatic rings. The Labute approximate surface area is 109 Å². The number of ether oxygens (including phenoxy) is 1. The normalized spacial score (nSPS) is 12.9. The van der Waals surface area contributed by atoms with Crippen molar-refractivity contribution >= 4 is 11.6 Å². The Morgan fingerprint density at radius 1 is 1.35 bits per heavy atom. The summed E-state index contributed by atoms with van der Waals surface area (Å²) in [4.78, 5) is 0. The van der Waals surface area contributed by atoms with E-state index in [0.717, 1.165) is 22.8 Å². The second-order valence-corrected chi connectivity index (χ2v) is 5.21. The molecule has 0 aliphatic carbocycles. The first kappa shape index (κ1) is 14.3. The van der Waals surface area contributed by atoms with Crippen molar-refractivity contribution in [3.8, 4) is 5.75 Å².